The van der Waals surface area contributed by atoms with E-state index in [1.165, 1.54) is 6.07 Å². The first kappa shape index (κ1) is 16.4. The molecule has 0 aliphatic rings. The highest BCUT2D eigenvalue weighted by Gasteiger charge is 2.30. The molecule has 9 heteroatoms. The standard InChI is InChI=1S/C10H10BrF4NO2S/c1-16(5-4-10(13,14)15)19(17,18)7-2-3-8(11)9(12)6-7/h2-3,6H,4-5H2,1H3. The number of alkyl halides is 3. The van der Waals surface area contributed by atoms with Crippen LogP contribution in [0.1, 0.15) is 6.42 Å². The average Bonchev–Trinajstić information content (AvgIpc) is 2.28. The summed E-state index contributed by atoms with van der Waals surface area (Å²) in [7, 11) is -3.11. The lowest BCUT2D eigenvalue weighted by molar-refractivity contribution is -0.135. The Morgan fingerprint density at radius 2 is 1.89 bits per heavy atom. The van der Waals surface area contributed by atoms with Gasteiger partial charge in [-0.3, -0.25) is 0 Å². The van der Waals surface area contributed by atoms with E-state index in [4.69, 9.17) is 0 Å². The second kappa shape index (κ2) is 5.76. The molecule has 0 atom stereocenters. The highest BCUT2D eigenvalue weighted by Crippen LogP contribution is 2.24. The van der Waals surface area contributed by atoms with Crippen molar-refractivity contribution in [3.8, 4) is 0 Å². The maximum atomic E-state index is 13.2. The minimum atomic E-state index is -4.45. The van der Waals surface area contributed by atoms with E-state index in [-0.39, 0.29) is 4.47 Å². The first-order chi connectivity index (χ1) is 8.54. The predicted molar refractivity (Wildman–Crippen MR) is 64.6 cm³/mol. The van der Waals surface area contributed by atoms with Crippen molar-refractivity contribution < 1.29 is 26.0 Å². The number of rotatable bonds is 4. The van der Waals surface area contributed by atoms with Crippen LogP contribution in [0.25, 0.3) is 0 Å². The molecule has 19 heavy (non-hydrogen) atoms. The first-order valence-corrected chi connectivity index (χ1v) is 7.25. The van der Waals surface area contributed by atoms with Crippen LogP contribution >= 0.6 is 15.9 Å². The van der Waals surface area contributed by atoms with Crippen molar-refractivity contribution in [2.75, 3.05) is 13.6 Å². The number of benzene rings is 1. The molecule has 0 N–H and O–H groups in total. The highest BCUT2D eigenvalue weighted by molar-refractivity contribution is 9.10. The van der Waals surface area contributed by atoms with Crippen LogP contribution in [-0.4, -0.2) is 32.5 Å². The fourth-order valence-corrected chi connectivity index (χ4v) is 2.65. The van der Waals surface area contributed by atoms with Crippen LogP contribution in [0.2, 0.25) is 0 Å². The summed E-state index contributed by atoms with van der Waals surface area (Å²) in [5.41, 5.74) is 0. The van der Waals surface area contributed by atoms with Gasteiger partial charge >= 0.3 is 6.18 Å². The quantitative estimate of drug-likeness (QED) is 0.770. The number of sulfonamides is 1. The first-order valence-electron chi connectivity index (χ1n) is 5.02. The highest BCUT2D eigenvalue weighted by atomic mass is 79.9. The normalized spacial score (nSPS) is 13.0. The number of hydrogen-bond acceptors (Lipinski definition) is 2. The summed E-state index contributed by atoms with van der Waals surface area (Å²) in [6.45, 7) is -0.719. The molecule has 0 aliphatic heterocycles. The molecule has 0 saturated carbocycles. The molecular formula is C10H10BrF4NO2S. The average molecular weight is 364 g/mol. The summed E-state index contributed by atoms with van der Waals surface area (Å²) in [5.74, 6) is -0.801. The Morgan fingerprint density at radius 1 is 1.32 bits per heavy atom. The van der Waals surface area contributed by atoms with E-state index in [0.29, 0.717) is 4.31 Å². The largest absolute Gasteiger partial charge is 0.390 e. The summed E-state index contributed by atoms with van der Waals surface area (Å²) >= 11 is 2.86. The molecule has 1 rings (SSSR count). The van der Waals surface area contributed by atoms with Gasteiger partial charge in [-0.2, -0.15) is 13.2 Å². The van der Waals surface area contributed by atoms with Crippen molar-refractivity contribution in [1.29, 1.82) is 0 Å². The van der Waals surface area contributed by atoms with E-state index in [2.05, 4.69) is 15.9 Å². The van der Waals surface area contributed by atoms with Crippen LogP contribution in [0.3, 0.4) is 0 Å². The molecule has 0 radical (unpaired) electrons. The molecule has 0 bridgehead atoms. The van der Waals surface area contributed by atoms with Crippen LogP contribution in [0.5, 0.6) is 0 Å². The molecule has 0 fully saturated rings. The van der Waals surface area contributed by atoms with E-state index in [1.807, 2.05) is 0 Å². The Labute approximate surface area is 116 Å². The van der Waals surface area contributed by atoms with Crippen molar-refractivity contribution in [1.82, 2.24) is 4.31 Å². The molecule has 0 unspecified atom stereocenters. The van der Waals surface area contributed by atoms with E-state index in [9.17, 15) is 26.0 Å². The molecule has 0 aliphatic carbocycles. The molecule has 0 amide bonds. The zero-order valence-electron chi connectivity index (χ0n) is 9.71. The van der Waals surface area contributed by atoms with Crippen molar-refractivity contribution >= 4 is 26.0 Å². The lowest BCUT2D eigenvalue weighted by Crippen LogP contribution is -2.30. The van der Waals surface area contributed by atoms with Crippen molar-refractivity contribution in [3.63, 3.8) is 0 Å². The van der Waals surface area contributed by atoms with Gasteiger partial charge in [0.1, 0.15) is 5.82 Å². The lowest BCUT2D eigenvalue weighted by Gasteiger charge is -2.18. The summed E-state index contributed by atoms with van der Waals surface area (Å²) in [4.78, 5) is -0.391. The Hall–Kier alpha value is -0.670. The summed E-state index contributed by atoms with van der Waals surface area (Å²) in [6.07, 6.45) is -5.71. The fraction of sp³-hybridized carbons (Fsp3) is 0.400. The maximum Gasteiger partial charge on any atom is 0.390 e. The van der Waals surface area contributed by atoms with Gasteiger partial charge in [-0.15, -0.1) is 0 Å². The van der Waals surface area contributed by atoms with E-state index in [0.717, 1.165) is 19.2 Å². The van der Waals surface area contributed by atoms with Gasteiger partial charge in [-0.25, -0.2) is 17.1 Å². The van der Waals surface area contributed by atoms with Crippen LogP contribution in [0, 0.1) is 5.82 Å². The van der Waals surface area contributed by atoms with Gasteiger partial charge in [0.25, 0.3) is 0 Å². The summed E-state index contributed by atoms with van der Waals surface area (Å²) in [5, 5.41) is 0. The van der Waals surface area contributed by atoms with Gasteiger partial charge in [0.05, 0.1) is 15.8 Å². The van der Waals surface area contributed by atoms with Crippen molar-refractivity contribution in [2.45, 2.75) is 17.5 Å². The van der Waals surface area contributed by atoms with Crippen LogP contribution < -0.4 is 0 Å². The molecule has 1 aromatic carbocycles. The SMILES string of the molecule is CN(CCC(F)(F)F)S(=O)(=O)c1ccc(Br)c(F)c1. The van der Waals surface area contributed by atoms with Gasteiger partial charge in [0.15, 0.2) is 0 Å². The Balaban J connectivity index is 2.94. The lowest BCUT2D eigenvalue weighted by atomic mass is 10.3. The summed E-state index contributed by atoms with van der Waals surface area (Å²) < 4.78 is 73.7. The monoisotopic (exact) mass is 363 g/mol. The van der Waals surface area contributed by atoms with Crippen LogP contribution in [0.15, 0.2) is 27.6 Å². The molecule has 0 spiro atoms. The Bertz CT molecular complexity index is 559. The van der Waals surface area contributed by atoms with E-state index in [1.54, 1.807) is 0 Å². The molecule has 0 aromatic heterocycles. The second-order valence-electron chi connectivity index (χ2n) is 3.77. The molecular weight excluding hydrogens is 354 g/mol. The minimum Gasteiger partial charge on any atom is -0.207 e. The molecule has 1 aromatic rings. The van der Waals surface area contributed by atoms with Crippen molar-refractivity contribution in [2.24, 2.45) is 0 Å². The molecule has 108 valence electrons. The van der Waals surface area contributed by atoms with Gasteiger partial charge in [0.2, 0.25) is 10.0 Å². The van der Waals surface area contributed by atoms with Crippen LogP contribution in [0.4, 0.5) is 17.6 Å². The number of halogens is 5. The Morgan fingerprint density at radius 3 is 2.37 bits per heavy atom. The third-order valence-corrected chi connectivity index (χ3v) is 4.81. The Kier molecular flexibility index (Phi) is 4.97. The predicted octanol–water partition coefficient (Wildman–Crippen LogP) is 3.16. The zero-order valence-corrected chi connectivity index (χ0v) is 12.1. The maximum absolute atomic E-state index is 13.2. The summed E-state index contributed by atoms with van der Waals surface area (Å²) in [6, 6.07) is 3.05. The molecule has 0 heterocycles. The second-order valence-corrected chi connectivity index (χ2v) is 6.67. The topological polar surface area (TPSA) is 37.4 Å². The van der Waals surface area contributed by atoms with Crippen molar-refractivity contribution in [3.05, 3.63) is 28.5 Å². The van der Waals surface area contributed by atoms with Gasteiger partial charge < -0.3 is 0 Å². The number of hydrogen-bond donors (Lipinski definition) is 0. The van der Waals surface area contributed by atoms with Gasteiger partial charge in [-0.1, -0.05) is 0 Å². The van der Waals surface area contributed by atoms with Gasteiger partial charge in [0, 0.05) is 13.6 Å². The minimum absolute atomic E-state index is 0.0735. The third-order valence-electron chi connectivity index (χ3n) is 2.31. The van der Waals surface area contributed by atoms with E-state index >= 15 is 0 Å². The van der Waals surface area contributed by atoms with E-state index < -0.39 is 39.9 Å². The smallest absolute Gasteiger partial charge is 0.207 e. The molecule has 3 nitrogen and oxygen atoms in total. The van der Waals surface area contributed by atoms with Gasteiger partial charge in [-0.05, 0) is 34.1 Å². The number of nitrogens with zero attached hydrogens (tertiary/aromatic N) is 1. The third kappa shape index (κ3) is 4.43. The van der Waals surface area contributed by atoms with Crippen LogP contribution in [-0.2, 0) is 10.0 Å². The fourth-order valence-electron chi connectivity index (χ4n) is 1.22. The zero-order chi connectivity index (χ0) is 14.8. The molecule has 0 saturated heterocycles.